The van der Waals surface area contributed by atoms with Gasteiger partial charge < -0.3 is 13.9 Å². The zero-order valence-electron chi connectivity index (χ0n) is 8.36. The van der Waals surface area contributed by atoms with Crippen molar-refractivity contribution in [3.63, 3.8) is 0 Å². The molecule has 0 amide bonds. The molecule has 5 heteroatoms. The molecule has 1 aliphatic heterocycles. The van der Waals surface area contributed by atoms with Gasteiger partial charge in [-0.1, -0.05) is 0 Å². The standard InChI is InChI=1S/C11H7BO4/c12-4-7(13)9-3-6-1-2-8-11(10(6)16-9)15-5-14-8/h1-3H,4-5H2. The van der Waals surface area contributed by atoms with E-state index in [9.17, 15) is 4.79 Å². The molecule has 0 unspecified atom stereocenters. The summed E-state index contributed by atoms with van der Waals surface area (Å²) in [6.07, 6.45) is -0.0701. The van der Waals surface area contributed by atoms with E-state index in [1.807, 2.05) is 6.07 Å². The van der Waals surface area contributed by atoms with Gasteiger partial charge in [0.05, 0.1) is 7.85 Å². The number of ether oxygens (including phenoxy) is 2. The summed E-state index contributed by atoms with van der Waals surface area (Å²) in [5, 5.41) is 0.807. The highest BCUT2D eigenvalue weighted by atomic mass is 16.7. The van der Waals surface area contributed by atoms with E-state index in [0.717, 1.165) is 5.39 Å². The van der Waals surface area contributed by atoms with Crippen LogP contribution < -0.4 is 9.47 Å². The number of fused-ring (bicyclic) bond motifs is 3. The summed E-state index contributed by atoms with van der Waals surface area (Å²) in [6.45, 7) is 0.176. The van der Waals surface area contributed by atoms with Crippen molar-refractivity contribution >= 4 is 24.6 Å². The van der Waals surface area contributed by atoms with Crippen LogP contribution >= 0.6 is 0 Å². The minimum absolute atomic E-state index is 0.0701. The summed E-state index contributed by atoms with van der Waals surface area (Å²) in [5.41, 5.74) is 0.534. The van der Waals surface area contributed by atoms with Crippen LogP contribution in [0.1, 0.15) is 10.6 Å². The van der Waals surface area contributed by atoms with Gasteiger partial charge >= 0.3 is 0 Å². The molecule has 1 aliphatic rings. The van der Waals surface area contributed by atoms with Crippen molar-refractivity contribution in [1.82, 2.24) is 0 Å². The Bertz CT molecular complexity index is 573. The second-order valence-corrected chi connectivity index (χ2v) is 3.46. The van der Waals surface area contributed by atoms with Crippen LogP contribution in [0.4, 0.5) is 0 Å². The van der Waals surface area contributed by atoms with Crippen LogP contribution in [0.5, 0.6) is 11.5 Å². The molecule has 16 heavy (non-hydrogen) atoms. The first-order valence-corrected chi connectivity index (χ1v) is 4.85. The fourth-order valence-electron chi connectivity index (χ4n) is 1.70. The largest absolute Gasteiger partial charge is 0.453 e. The zero-order chi connectivity index (χ0) is 11.1. The summed E-state index contributed by atoms with van der Waals surface area (Å²) in [7, 11) is 5.27. The van der Waals surface area contributed by atoms with Crippen LogP contribution in [-0.2, 0) is 0 Å². The van der Waals surface area contributed by atoms with E-state index in [1.165, 1.54) is 0 Å². The molecule has 0 N–H and O–H groups in total. The Morgan fingerprint density at radius 1 is 1.38 bits per heavy atom. The van der Waals surface area contributed by atoms with Gasteiger partial charge in [0.2, 0.25) is 12.5 Å². The highest BCUT2D eigenvalue weighted by Crippen LogP contribution is 2.40. The second-order valence-electron chi connectivity index (χ2n) is 3.46. The lowest BCUT2D eigenvalue weighted by atomic mass is 9.99. The minimum atomic E-state index is -0.233. The lowest BCUT2D eigenvalue weighted by molar-refractivity contribution is 0.0989. The maximum atomic E-state index is 11.4. The first kappa shape index (κ1) is 9.33. The molecule has 0 aliphatic carbocycles. The first-order chi connectivity index (χ1) is 7.79. The Balaban J connectivity index is 2.21. The van der Waals surface area contributed by atoms with E-state index in [-0.39, 0.29) is 24.7 Å². The average molecular weight is 214 g/mol. The number of benzene rings is 1. The SMILES string of the molecule is [B]CC(=O)c1cc2ccc3c(c2o1)OCO3. The minimum Gasteiger partial charge on any atom is -0.453 e. The van der Waals surface area contributed by atoms with Crippen LogP contribution in [0.2, 0.25) is 6.32 Å². The molecule has 0 saturated carbocycles. The molecule has 2 radical (unpaired) electrons. The number of rotatable bonds is 2. The predicted molar refractivity (Wildman–Crippen MR) is 57.2 cm³/mol. The van der Waals surface area contributed by atoms with Crippen LogP contribution in [0, 0.1) is 0 Å². The zero-order valence-corrected chi connectivity index (χ0v) is 8.36. The van der Waals surface area contributed by atoms with E-state index in [0.29, 0.717) is 17.1 Å². The Kier molecular flexibility index (Phi) is 1.92. The maximum absolute atomic E-state index is 11.4. The third-order valence-electron chi connectivity index (χ3n) is 2.48. The molecular weight excluding hydrogens is 207 g/mol. The normalized spacial score (nSPS) is 13.2. The van der Waals surface area contributed by atoms with Gasteiger partial charge in [0.25, 0.3) is 0 Å². The van der Waals surface area contributed by atoms with Gasteiger partial charge in [0.15, 0.2) is 22.9 Å². The van der Waals surface area contributed by atoms with Crippen LogP contribution in [0.3, 0.4) is 0 Å². The van der Waals surface area contributed by atoms with E-state index in [1.54, 1.807) is 12.1 Å². The molecule has 3 rings (SSSR count). The highest BCUT2D eigenvalue weighted by Gasteiger charge is 2.21. The van der Waals surface area contributed by atoms with Crippen LogP contribution in [0.25, 0.3) is 11.0 Å². The third-order valence-corrected chi connectivity index (χ3v) is 2.48. The molecule has 0 fully saturated rings. The van der Waals surface area contributed by atoms with Gasteiger partial charge in [-0.3, -0.25) is 4.79 Å². The number of furan rings is 1. The number of Topliss-reactive ketones (excluding diaryl/α,β-unsaturated/α-hetero) is 1. The van der Waals surface area contributed by atoms with Crippen LogP contribution in [-0.4, -0.2) is 20.4 Å². The molecule has 2 aromatic rings. The van der Waals surface area contributed by atoms with Gasteiger partial charge in [0.1, 0.15) is 0 Å². The second kappa shape index (κ2) is 3.30. The van der Waals surface area contributed by atoms with Gasteiger partial charge in [-0.15, -0.1) is 0 Å². The topological polar surface area (TPSA) is 48.7 Å². The quantitative estimate of drug-likeness (QED) is 0.566. The van der Waals surface area contributed by atoms with Crippen molar-refractivity contribution in [2.24, 2.45) is 0 Å². The molecule has 1 aromatic heterocycles. The number of carbonyl (C=O) groups excluding carboxylic acids is 1. The molecule has 0 bridgehead atoms. The molecule has 0 saturated heterocycles. The number of hydrogen-bond donors (Lipinski definition) is 0. The number of ketones is 1. The molecule has 78 valence electrons. The smallest absolute Gasteiger partial charge is 0.231 e. The van der Waals surface area contributed by atoms with Crippen molar-refractivity contribution in [3.05, 3.63) is 24.0 Å². The maximum Gasteiger partial charge on any atom is 0.231 e. The Morgan fingerprint density at radius 2 is 2.25 bits per heavy atom. The lowest BCUT2D eigenvalue weighted by Gasteiger charge is -1.95. The molecule has 4 nitrogen and oxygen atoms in total. The first-order valence-electron chi connectivity index (χ1n) is 4.85. The fourth-order valence-corrected chi connectivity index (χ4v) is 1.70. The summed E-state index contributed by atoms with van der Waals surface area (Å²) < 4.78 is 15.9. The average Bonchev–Trinajstić information content (AvgIpc) is 2.92. The predicted octanol–water partition coefficient (Wildman–Crippen LogP) is 1.93. The van der Waals surface area contributed by atoms with E-state index in [2.05, 4.69) is 0 Å². The molecule has 2 heterocycles. The highest BCUT2D eigenvalue weighted by molar-refractivity contribution is 6.23. The summed E-state index contributed by atoms with van der Waals surface area (Å²) in [6, 6.07) is 5.27. The molecule has 0 spiro atoms. The third kappa shape index (κ3) is 1.21. The fraction of sp³-hybridized carbons (Fsp3) is 0.182. The summed E-state index contributed by atoms with van der Waals surface area (Å²) in [4.78, 5) is 11.4. The molecule has 1 aromatic carbocycles. The van der Waals surface area contributed by atoms with E-state index >= 15 is 0 Å². The Labute approximate surface area is 92.5 Å². The Hall–Kier alpha value is -1.91. The van der Waals surface area contributed by atoms with E-state index in [4.69, 9.17) is 21.7 Å². The molecular formula is C11H7BO4. The summed E-state index contributed by atoms with van der Waals surface area (Å²) in [5.74, 6) is 1.20. The van der Waals surface area contributed by atoms with Gasteiger partial charge in [-0.25, -0.2) is 0 Å². The monoisotopic (exact) mass is 214 g/mol. The van der Waals surface area contributed by atoms with E-state index < -0.39 is 0 Å². The summed E-state index contributed by atoms with van der Waals surface area (Å²) >= 11 is 0. The van der Waals surface area contributed by atoms with Crippen molar-refractivity contribution in [3.8, 4) is 11.5 Å². The lowest BCUT2D eigenvalue weighted by Crippen LogP contribution is -1.94. The van der Waals surface area contributed by atoms with Gasteiger partial charge in [-0.2, -0.15) is 0 Å². The van der Waals surface area contributed by atoms with Crippen molar-refractivity contribution < 1.29 is 18.7 Å². The Morgan fingerprint density at radius 3 is 3.06 bits per heavy atom. The van der Waals surface area contributed by atoms with Crippen molar-refractivity contribution in [1.29, 1.82) is 0 Å². The van der Waals surface area contributed by atoms with Crippen molar-refractivity contribution in [2.45, 2.75) is 6.32 Å². The van der Waals surface area contributed by atoms with Gasteiger partial charge in [0, 0.05) is 5.39 Å². The van der Waals surface area contributed by atoms with Gasteiger partial charge in [-0.05, 0) is 24.5 Å². The number of carbonyl (C=O) groups is 1. The van der Waals surface area contributed by atoms with Crippen molar-refractivity contribution in [2.75, 3.05) is 6.79 Å². The van der Waals surface area contributed by atoms with Crippen LogP contribution in [0.15, 0.2) is 22.6 Å². The number of hydrogen-bond acceptors (Lipinski definition) is 4. The molecule has 0 atom stereocenters.